The van der Waals surface area contributed by atoms with Gasteiger partial charge in [0.15, 0.2) is 24.2 Å². The van der Waals surface area contributed by atoms with Crippen LogP contribution in [0.4, 0.5) is 5.69 Å². The molecule has 3 aromatic carbocycles. The number of likely N-dealkylation sites (N-methyl/N-ethyl adjacent to an activating group) is 1. The Kier molecular flexibility index (Phi) is 12.1. The van der Waals surface area contributed by atoms with Gasteiger partial charge in [-0.3, -0.25) is 19.2 Å². The number of rotatable bonds is 8. The van der Waals surface area contributed by atoms with E-state index in [4.69, 9.17) is 60.5 Å². The molecule has 4 aliphatic heterocycles. The highest BCUT2D eigenvalue weighted by Gasteiger charge is 2.36. The number of halogens is 3. The summed E-state index contributed by atoms with van der Waals surface area (Å²) in [5, 5.41) is 14.4. The SMILES string of the molecule is Cc1cc(O)c([C@H](N)C2CCN(C(=O)c3cc4c(c(Oc5cc(Cl)c(Cl)cc5[C@H](N)C5CCN(C(=O)C6CN(C)C(=O)CO6)CC5)c3)OCC(=O)N4)CC2)cc1Cl. The first kappa shape index (κ1) is 40.9. The van der Waals surface area contributed by atoms with Crippen LogP contribution in [-0.4, -0.2) is 103 Å². The zero-order valence-electron chi connectivity index (χ0n) is 31.6. The van der Waals surface area contributed by atoms with Crippen molar-refractivity contribution < 1.29 is 38.5 Å². The summed E-state index contributed by atoms with van der Waals surface area (Å²) in [5.41, 5.74) is 16.0. The van der Waals surface area contributed by atoms with E-state index < -0.39 is 18.2 Å². The summed E-state index contributed by atoms with van der Waals surface area (Å²) in [6, 6.07) is 8.63. The Morgan fingerprint density at radius 1 is 0.842 bits per heavy atom. The van der Waals surface area contributed by atoms with Gasteiger partial charge in [-0.2, -0.15) is 0 Å². The number of phenolic OH excluding ortho intramolecular Hbond substituents is 1. The lowest BCUT2D eigenvalue weighted by Crippen LogP contribution is -2.53. The van der Waals surface area contributed by atoms with Crippen molar-refractivity contribution in [1.82, 2.24) is 14.7 Å². The number of amides is 4. The van der Waals surface area contributed by atoms with Crippen molar-refractivity contribution in [2.45, 2.75) is 50.8 Å². The average Bonchev–Trinajstić information content (AvgIpc) is 3.20. The second-order valence-corrected chi connectivity index (χ2v) is 16.4. The summed E-state index contributed by atoms with van der Waals surface area (Å²) in [5.74, 6) is -0.258. The van der Waals surface area contributed by atoms with Crippen LogP contribution < -0.4 is 26.3 Å². The van der Waals surface area contributed by atoms with Gasteiger partial charge >= 0.3 is 0 Å². The molecule has 0 aliphatic carbocycles. The zero-order chi connectivity index (χ0) is 40.7. The Morgan fingerprint density at radius 2 is 1.46 bits per heavy atom. The van der Waals surface area contributed by atoms with E-state index in [-0.39, 0.29) is 93.8 Å². The summed E-state index contributed by atoms with van der Waals surface area (Å²) >= 11 is 19.4. The van der Waals surface area contributed by atoms with Crippen molar-refractivity contribution in [1.29, 1.82) is 0 Å². The number of morpholine rings is 1. The third kappa shape index (κ3) is 8.62. The van der Waals surface area contributed by atoms with E-state index in [2.05, 4.69) is 5.32 Å². The lowest BCUT2D eigenvalue weighted by molar-refractivity contribution is -0.160. The Balaban J connectivity index is 1.08. The van der Waals surface area contributed by atoms with E-state index >= 15 is 0 Å². The molecular weight excluding hydrogens is 799 g/mol. The Labute approximate surface area is 345 Å². The van der Waals surface area contributed by atoms with Crippen molar-refractivity contribution >= 4 is 64.1 Å². The number of aryl methyl sites for hydroxylation is 1. The van der Waals surface area contributed by atoms with Gasteiger partial charge in [0.25, 0.3) is 17.7 Å². The van der Waals surface area contributed by atoms with Crippen LogP contribution >= 0.6 is 34.8 Å². The molecule has 1 unspecified atom stereocenters. The summed E-state index contributed by atoms with van der Waals surface area (Å²) in [7, 11) is 1.65. The number of likely N-dealkylation sites (tertiary alicyclic amines) is 2. The summed E-state index contributed by atoms with van der Waals surface area (Å²) < 4.78 is 17.9. The van der Waals surface area contributed by atoms with E-state index in [1.165, 1.54) is 4.90 Å². The van der Waals surface area contributed by atoms with Crippen molar-refractivity contribution in [3.05, 3.63) is 73.7 Å². The van der Waals surface area contributed by atoms with Crippen LogP contribution in [0.2, 0.25) is 15.1 Å². The molecule has 3 fully saturated rings. The maximum Gasteiger partial charge on any atom is 0.262 e. The lowest BCUT2D eigenvalue weighted by atomic mass is 9.85. The minimum Gasteiger partial charge on any atom is -0.508 e. The zero-order valence-corrected chi connectivity index (χ0v) is 33.8. The molecule has 0 radical (unpaired) electrons. The third-order valence-electron chi connectivity index (χ3n) is 11.5. The molecule has 57 heavy (non-hydrogen) atoms. The molecule has 17 heteroatoms. The number of phenols is 1. The van der Waals surface area contributed by atoms with Crippen molar-refractivity contribution in [3.63, 3.8) is 0 Å². The molecule has 0 saturated carbocycles. The minimum atomic E-state index is -0.710. The topological polar surface area (TPSA) is 190 Å². The molecule has 14 nitrogen and oxygen atoms in total. The van der Waals surface area contributed by atoms with Crippen LogP contribution in [0.1, 0.15) is 64.8 Å². The summed E-state index contributed by atoms with van der Waals surface area (Å²) in [6.07, 6.45) is 1.65. The molecule has 3 atom stereocenters. The third-order valence-corrected chi connectivity index (χ3v) is 12.6. The van der Waals surface area contributed by atoms with Gasteiger partial charge in [-0.15, -0.1) is 0 Å². The molecule has 0 aromatic heterocycles. The van der Waals surface area contributed by atoms with Crippen molar-refractivity contribution in [3.8, 4) is 23.0 Å². The highest BCUT2D eigenvalue weighted by molar-refractivity contribution is 6.42. The van der Waals surface area contributed by atoms with Gasteiger partial charge in [-0.1, -0.05) is 34.8 Å². The first-order chi connectivity index (χ1) is 27.2. The minimum absolute atomic E-state index is 0.00119. The first-order valence-corrected chi connectivity index (χ1v) is 20.0. The van der Waals surface area contributed by atoms with Crippen molar-refractivity contribution in [2.75, 3.05) is 58.3 Å². The standard InChI is InChI=1S/C40H45Cl3N6O8/c1-20-11-30(50)24(14-26(20)41)36(44)21-3-7-48(8-4-21)39(53)23-12-29-38(56-18-34(51)46-29)32(13-23)57-31-16-28(43)27(42)15-25(31)37(45)22-5-9-49(10-6-22)40(54)33-17-47(2)35(52)19-55-33/h11-16,21-22,33,36-37,50H,3-10,17-19,44-45H2,1-2H3,(H,46,51)/t33?,36-,37-/m1/s1. The van der Waals surface area contributed by atoms with Crippen LogP contribution in [0, 0.1) is 18.8 Å². The van der Waals surface area contributed by atoms with Crippen LogP contribution in [0.3, 0.4) is 0 Å². The number of hydrogen-bond donors (Lipinski definition) is 4. The largest absolute Gasteiger partial charge is 0.508 e. The Bertz CT molecular complexity index is 2090. The number of hydrogen-bond acceptors (Lipinski definition) is 10. The number of fused-ring (bicyclic) bond motifs is 1. The Hall–Kier alpha value is -4.31. The number of piperidine rings is 2. The molecule has 304 valence electrons. The molecule has 0 bridgehead atoms. The average molecular weight is 844 g/mol. The first-order valence-electron chi connectivity index (χ1n) is 18.9. The molecule has 4 heterocycles. The van der Waals surface area contributed by atoms with Gasteiger partial charge in [0.2, 0.25) is 5.91 Å². The molecule has 3 saturated heterocycles. The normalized spacial score (nSPS) is 20.4. The number of benzene rings is 3. The number of aromatic hydroxyl groups is 1. The second-order valence-electron chi connectivity index (χ2n) is 15.2. The molecule has 0 spiro atoms. The van der Waals surface area contributed by atoms with Gasteiger partial charge < -0.3 is 50.8 Å². The molecule has 4 aliphatic rings. The fourth-order valence-electron chi connectivity index (χ4n) is 8.00. The van der Waals surface area contributed by atoms with Crippen molar-refractivity contribution in [2.24, 2.45) is 23.3 Å². The monoisotopic (exact) mass is 842 g/mol. The van der Waals surface area contributed by atoms with Gasteiger partial charge in [-0.05, 0) is 80.3 Å². The Morgan fingerprint density at radius 3 is 2.12 bits per heavy atom. The number of carbonyl (C=O) groups excluding carboxylic acids is 4. The second kappa shape index (κ2) is 16.9. The maximum absolute atomic E-state index is 14.1. The quantitative estimate of drug-likeness (QED) is 0.228. The molecule has 4 amide bonds. The number of nitrogens with one attached hydrogen (secondary N) is 1. The number of nitrogens with two attached hydrogens (primary N) is 2. The summed E-state index contributed by atoms with van der Waals surface area (Å²) in [4.78, 5) is 56.5. The van der Waals surface area contributed by atoms with E-state index in [1.807, 2.05) is 6.92 Å². The van der Waals surface area contributed by atoms with Gasteiger partial charge in [0.05, 0.1) is 22.3 Å². The van der Waals surface area contributed by atoms with E-state index in [9.17, 15) is 24.3 Å². The predicted molar refractivity (Wildman–Crippen MR) is 214 cm³/mol. The van der Waals surface area contributed by atoms with E-state index in [0.717, 1.165) is 5.56 Å². The van der Waals surface area contributed by atoms with Crippen LogP contribution in [0.15, 0.2) is 36.4 Å². The number of anilines is 1. The molecular formula is C40H45Cl3N6O8. The molecule has 6 N–H and O–H groups in total. The molecule has 3 aromatic rings. The highest BCUT2D eigenvalue weighted by atomic mass is 35.5. The number of nitrogens with zero attached hydrogens (tertiary/aromatic N) is 3. The number of carbonyl (C=O) groups is 4. The van der Waals surface area contributed by atoms with Crippen LogP contribution in [0.25, 0.3) is 0 Å². The molecule has 7 rings (SSSR count). The number of ether oxygens (including phenoxy) is 3. The van der Waals surface area contributed by atoms with Crippen LogP contribution in [-0.2, 0) is 19.1 Å². The van der Waals surface area contributed by atoms with Crippen LogP contribution in [0.5, 0.6) is 23.0 Å². The van der Waals surface area contributed by atoms with Gasteiger partial charge in [0, 0.05) is 73.1 Å². The fourth-order valence-corrected chi connectivity index (χ4v) is 8.49. The maximum atomic E-state index is 14.1. The van der Waals surface area contributed by atoms with E-state index in [0.29, 0.717) is 73.8 Å². The highest BCUT2D eigenvalue weighted by Crippen LogP contribution is 2.46. The van der Waals surface area contributed by atoms with Gasteiger partial charge in [0.1, 0.15) is 18.1 Å². The smallest absolute Gasteiger partial charge is 0.262 e. The predicted octanol–water partition coefficient (Wildman–Crippen LogP) is 5.43. The fraction of sp³-hybridized carbons (Fsp3) is 0.450. The van der Waals surface area contributed by atoms with Gasteiger partial charge in [-0.25, -0.2) is 0 Å². The summed E-state index contributed by atoms with van der Waals surface area (Å²) in [6.45, 7) is 3.35. The van der Waals surface area contributed by atoms with E-state index in [1.54, 1.807) is 53.2 Å². The lowest BCUT2D eigenvalue weighted by Gasteiger charge is -2.38.